The second-order valence-corrected chi connectivity index (χ2v) is 4.33. The molecule has 0 radical (unpaired) electrons. The Bertz CT molecular complexity index is 414. The van der Waals surface area contributed by atoms with Crippen molar-refractivity contribution in [2.45, 2.75) is 24.6 Å². The minimum absolute atomic E-state index is 0.0376. The van der Waals surface area contributed by atoms with Gasteiger partial charge in [0.05, 0.1) is 18.8 Å². The fourth-order valence-corrected chi connectivity index (χ4v) is 1.94. The number of rotatable bonds is 3. The summed E-state index contributed by atoms with van der Waals surface area (Å²) in [5, 5.41) is 0. The van der Waals surface area contributed by atoms with Crippen molar-refractivity contribution < 1.29 is 22.6 Å². The van der Waals surface area contributed by atoms with Gasteiger partial charge in [0, 0.05) is 12.3 Å². The second kappa shape index (κ2) is 5.36. The molecular weight excluding hydrogens is 269 g/mol. The molecule has 1 aliphatic rings. The van der Waals surface area contributed by atoms with Gasteiger partial charge in [0.25, 0.3) is 0 Å². The maximum atomic E-state index is 12.9. The van der Waals surface area contributed by atoms with E-state index >= 15 is 0 Å². The Hall–Kier alpha value is -0.940. The quantitative estimate of drug-likeness (QED) is 0.788. The Morgan fingerprint density at radius 2 is 2.17 bits per heavy atom. The Balaban J connectivity index is 2.27. The van der Waals surface area contributed by atoms with Crippen molar-refractivity contribution >= 4 is 11.6 Å². The highest BCUT2D eigenvalue weighted by molar-refractivity contribution is 6.17. The van der Waals surface area contributed by atoms with Crippen LogP contribution in [-0.4, -0.2) is 19.3 Å². The smallest absolute Gasteiger partial charge is 0.419 e. The lowest BCUT2D eigenvalue weighted by Gasteiger charge is -2.17. The zero-order chi connectivity index (χ0) is 13.2. The Kier molecular flexibility index (Phi) is 4.02. The third kappa shape index (κ3) is 3.09. The van der Waals surface area contributed by atoms with Gasteiger partial charge in [-0.25, -0.2) is 0 Å². The van der Waals surface area contributed by atoms with Crippen LogP contribution in [0.15, 0.2) is 18.2 Å². The van der Waals surface area contributed by atoms with Crippen LogP contribution >= 0.6 is 11.6 Å². The van der Waals surface area contributed by atoms with Gasteiger partial charge in [0.15, 0.2) is 0 Å². The molecule has 1 saturated heterocycles. The highest BCUT2D eigenvalue weighted by atomic mass is 35.5. The topological polar surface area (TPSA) is 18.5 Å². The van der Waals surface area contributed by atoms with Gasteiger partial charge in [-0.15, -0.1) is 11.6 Å². The van der Waals surface area contributed by atoms with Crippen LogP contribution in [0.3, 0.4) is 0 Å². The molecule has 100 valence electrons. The summed E-state index contributed by atoms with van der Waals surface area (Å²) < 4.78 is 49.1. The molecule has 1 unspecified atom stereocenters. The van der Waals surface area contributed by atoms with Crippen LogP contribution in [0.5, 0.6) is 5.75 Å². The molecule has 1 fully saturated rings. The van der Waals surface area contributed by atoms with Crippen LogP contribution in [-0.2, 0) is 16.8 Å². The summed E-state index contributed by atoms with van der Waals surface area (Å²) in [6.07, 6.45) is -4.15. The van der Waals surface area contributed by atoms with E-state index in [-0.39, 0.29) is 17.7 Å². The predicted octanol–water partition coefficient (Wildman–Crippen LogP) is 3.61. The number of halogens is 4. The standard InChI is InChI=1S/C12H12ClF3O2/c13-6-8-1-2-11(10(5-8)12(14,15)16)18-9-3-4-17-7-9/h1-2,5,9H,3-4,6-7H2. The Labute approximate surface area is 108 Å². The van der Waals surface area contributed by atoms with Crippen LogP contribution in [0.2, 0.25) is 0 Å². The second-order valence-electron chi connectivity index (χ2n) is 4.07. The van der Waals surface area contributed by atoms with E-state index in [2.05, 4.69) is 0 Å². The van der Waals surface area contributed by atoms with E-state index in [4.69, 9.17) is 21.1 Å². The maximum Gasteiger partial charge on any atom is 0.419 e. The predicted molar refractivity (Wildman–Crippen MR) is 60.9 cm³/mol. The van der Waals surface area contributed by atoms with Gasteiger partial charge in [-0.1, -0.05) is 6.07 Å². The minimum atomic E-state index is -4.45. The van der Waals surface area contributed by atoms with Crippen LogP contribution in [0, 0.1) is 0 Å². The van der Waals surface area contributed by atoms with Gasteiger partial charge < -0.3 is 9.47 Å². The van der Waals surface area contributed by atoms with E-state index < -0.39 is 11.7 Å². The van der Waals surface area contributed by atoms with Crippen molar-refractivity contribution in [3.63, 3.8) is 0 Å². The lowest BCUT2D eigenvalue weighted by atomic mass is 10.1. The summed E-state index contributed by atoms with van der Waals surface area (Å²) in [6, 6.07) is 3.88. The molecule has 0 aliphatic carbocycles. The summed E-state index contributed by atoms with van der Waals surface area (Å²) in [5.74, 6) is -0.123. The Morgan fingerprint density at radius 1 is 1.39 bits per heavy atom. The number of hydrogen-bond acceptors (Lipinski definition) is 2. The first-order valence-corrected chi connectivity index (χ1v) is 6.04. The summed E-state index contributed by atoms with van der Waals surface area (Å²) in [5.41, 5.74) is -0.369. The molecular formula is C12H12ClF3O2. The fourth-order valence-electron chi connectivity index (χ4n) is 1.77. The fraction of sp³-hybridized carbons (Fsp3) is 0.500. The Morgan fingerprint density at radius 3 is 2.72 bits per heavy atom. The van der Waals surface area contributed by atoms with E-state index in [0.717, 1.165) is 6.07 Å². The van der Waals surface area contributed by atoms with Gasteiger partial charge in [-0.3, -0.25) is 0 Å². The van der Waals surface area contributed by atoms with Crippen LogP contribution in [0.25, 0.3) is 0 Å². The van der Waals surface area contributed by atoms with E-state index in [1.165, 1.54) is 12.1 Å². The zero-order valence-electron chi connectivity index (χ0n) is 9.47. The summed E-state index contributed by atoms with van der Waals surface area (Å²) in [4.78, 5) is 0. The molecule has 1 aromatic carbocycles. The lowest BCUT2D eigenvalue weighted by Crippen LogP contribution is -2.18. The first kappa shape index (κ1) is 13.5. The minimum Gasteiger partial charge on any atom is -0.487 e. The summed E-state index contributed by atoms with van der Waals surface area (Å²) in [7, 11) is 0. The molecule has 0 bridgehead atoms. The van der Waals surface area contributed by atoms with E-state index in [1.807, 2.05) is 0 Å². The SMILES string of the molecule is FC(F)(F)c1cc(CCl)ccc1OC1CCOC1. The third-order valence-corrected chi connectivity index (χ3v) is 2.99. The molecule has 2 rings (SSSR count). The molecule has 6 heteroatoms. The number of hydrogen-bond donors (Lipinski definition) is 0. The molecule has 1 atom stereocenters. The van der Waals surface area contributed by atoms with E-state index in [9.17, 15) is 13.2 Å². The highest BCUT2D eigenvalue weighted by Crippen LogP contribution is 2.37. The molecule has 0 saturated carbocycles. The summed E-state index contributed by atoms with van der Waals surface area (Å²) >= 11 is 5.54. The average molecular weight is 281 g/mol. The summed E-state index contributed by atoms with van der Waals surface area (Å²) in [6.45, 7) is 0.848. The molecule has 18 heavy (non-hydrogen) atoms. The molecule has 1 heterocycles. The first-order chi connectivity index (χ1) is 8.50. The van der Waals surface area contributed by atoms with Crippen molar-refractivity contribution in [3.05, 3.63) is 29.3 Å². The van der Waals surface area contributed by atoms with E-state index in [1.54, 1.807) is 0 Å². The van der Waals surface area contributed by atoms with Crippen LogP contribution in [0.4, 0.5) is 13.2 Å². The number of benzene rings is 1. The van der Waals surface area contributed by atoms with Crippen LogP contribution < -0.4 is 4.74 Å². The number of ether oxygens (including phenoxy) is 2. The van der Waals surface area contributed by atoms with Gasteiger partial charge in [-0.2, -0.15) is 13.2 Å². The molecule has 2 nitrogen and oxygen atoms in total. The van der Waals surface area contributed by atoms with Crippen molar-refractivity contribution in [2.75, 3.05) is 13.2 Å². The van der Waals surface area contributed by atoms with Crippen molar-refractivity contribution in [3.8, 4) is 5.75 Å². The van der Waals surface area contributed by atoms with E-state index in [0.29, 0.717) is 25.2 Å². The molecule has 0 N–H and O–H groups in total. The largest absolute Gasteiger partial charge is 0.487 e. The average Bonchev–Trinajstić information content (AvgIpc) is 2.81. The molecule has 0 amide bonds. The van der Waals surface area contributed by atoms with Crippen molar-refractivity contribution in [2.24, 2.45) is 0 Å². The number of alkyl halides is 4. The normalized spacial score (nSPS) is 20.1. The van der Waals surface area contributed by atoms with Gasteiger partial charge >= 0.3 is 6.18 Å². The zero-order valence-corrected chi connectivity index (χ0v) is 10.2. The molecule has 1 aliphatic heterocycles. The molecule has 1 aromatic rings. The van der Waals surface area contributed by atoms with Gasteiger partial charge in [-0.05, 0) is 17.7 Å². The maximum absolute atomic E-state index is 12.9. The highest BCUT2D eigenvalue weighted by Gasteiger charge is 2.35. The van der Waals surface area contributed by atoms with Crippen molar-refractivity contribution in [1.29, 1.82) is 0 Å². The molecule has 0 spiro atoms. The van der Waals surface area contributed by atoms with Gasteiger partial charge in [0.1, 0.15) is 11.9 Å². The van der Waals surface area contributed by atoms with Crippen molar-refractivity contribution in [1.82, 2.24) is 0 Å². The van der Waals surface area contributed by atoms with Crippen LogP contribution in [0.1, 0.15) is 17.5 Å². The van der Waals surface area contributed by atoms with Gasteiger partial charge in [0.2, 0.25) is 0 Å². The molecule has 0 aromatic heterocycles. The third-order valence-electron chi connectivity index (χ3n) is 2.69. The first-order valence-electron chi connectivity index (χ1n) is 5.51. The lowest BCUT2D eigenvalue weighted by molar-refractivity contribution is -0.139. The monoisotopic (exact) mass is 280 g/mol.